The van der Waals surface area contributed by atoms with Gasteiger partial charge in [0.1, 0.15) is 0 Å². The number of nitrogens with one attached hydrogen (secondary N) is 1. The summed E-state index contributed by atoms with van der Waals surface area (Å²) >= 11 is 8.54. The van der Waals surface area contributed by atoms with E-state index in [1.165, 1.54) is 23.4 Å². The maximum absolute atomic E-state index is 6.46. The first-order valence-corrected chi connectivity index (χ1v) is 8.53. The van der Waals surface area contributed by atoms with Gasteiger partial charge < -0.3 is 10.2 Å². The van der Waals surface area contributed by atoms with E-state index in [0.717, 1.165) is 36.5 Å². The van der Waals surface area contributed by atoms with Crippen LogP contribution in [0.2, 0.25) is 5.02 Å². The number of anilines is 1. The van der Waals surface area contributed by atoms with E-state index in [1.54, 1.807) is 0 Å². The minimum atomic E-state index is 0.742. The fraction of sp³-hybridized carbons (Fsp3) is 0.600. The van der Waals surface area contributed by atoms with E-state index in [0.29, 0.717) is 0 Å². The third-order valence-corrected chi connectivity index (χ3v) is 5.20. The number of benzene rings is 1. The fourth-order valence-corrected chi connectivity index (χ4v) is 3.87. The molecule has 1 N–H and O–H groups in total. The van der Waals surface area contributed by atoms with E-state index in [1.807, 2.05) is 0 Å². The Labute approximate surface area is 125 Å². The number of hydrogen-bond donors (Lipinski definition) is 1. The summed E-state index contributed by atoms with van der Waals surface area (Å²) in [7, 11) is 0. The van der Waals surface area contributed by atoms with Crippen LogP contribution in [0.15, 0.2) is 18.2 Å². The average Bonchev–Trinajstić information content (AvgIpc) is 2.45. The molecule has 1 unspecified atom stereocenters. The van der Waals surface area contributed by atoms with Crippen LogP contribution in [0.5, 0.6) is 0 Å². The second kappa shape index (κ2) is 7.41. The molecule has 4 heteroatoms. The van der Waals surface area contributed by atoms with Crippen molar-refractivity contribution in [2.75, 3.05) is 30.3 Å². The van der Waals surface area contributed by atoms with E-state index in [9.17, 15) is 0 Å². The molecule has 0 amide bonds. The molecule has 0 aromatic heterocycles. The van der Waals surface area contributed by atoms with E-state index in [4.69, 9.17) is 11.6 Å². The lowest BCUT2D eigenvalue weighted by atomic mass is 10.1. The van der Waals surface area contributed by atoms with E-state index >= 15 is 0 Å². The molecule has 19 heavy (non-hydrogen) atoms. The lowest BCUT2D eigenvalue weighted by molar-refractivity contribution is 0.721. The first-order valence-electron chi connectivity index (χ1n) is 7.10. The fourth-order valence-electron chi connectivity index (χ4n) is 2.37. The van der Waals surface area contributed by atoms with Crippen LogP contribution in [0.1, 0.15) is 25.8 Å². The molecule has 1 aliphatic rings. The van der Waals surface area contributed by atoms with Crippen LogP contribution in [-0.2, 0) is 6.54 Å². The monoisotopic (exact) mass is 298 g/mol. The first kappa shape index (κ1) is 15.0. The van der Waals surface area contributed by atoms with Gasteiger partial charge in [-0.2, -0.15) is 11.8 Å². The number of rotatable bonds is 5. The molecule has 0 spiro atoms. The summed E-state index contributed by atoms with van der Waals surface area (Å²) in [6, 6.07) is 6.46. The molecule has 0 bridgehead atoms. The molecule has 106 valence electrons. The second-order valence-corrected chi connectivity index (χ2v) is 6.73. The van der Waals surface area contributed by atoms with Crippen molar-refractivity contribution in [3.05, 3.63) is 28.8 Å². The molecule has 1 heterocycles. The Bertz CT molecular complexity index is 411. The summed E-state index contributed by atoms with van der Waals surface area (Å²) in [6.45, 7) is 8.49. The van der Waals surface area contributed by atoms with Crippen molar-refractivity contribution in [1.82, 2.24) is 5.32 Å². The summed E-state index contributed by atoms with van der Waals surface area (Å²) in [6.07, 6.45) is 1.23. The highest BCUT2D eigenvalue weighted by molar-refractivity contribution is 8.00. The highest BCUT2D eigenvalue weighted by Crippen LogP contribution is 2.31. The Morgan fingerprint density at radius 3 is 2.95 bits per heavy atom. The molecular weight excluding hydrogens is 276 g/mol. The van der Waals surface area contributed by atoms with Gasteiger partial charge in [-0.25, -0.2) is 0 Å². The minimum absolute atomic E-state index is 0.742. The first-order chi connectivity index (χ1) is 9.24. The van der Waals surface area contributed by atoms with Crippen molar-refractivity contribution in [2.45, 2.75) is 32.1 Å². The zero-order valence-corrected chi connectivity index (χ0v) is 13.4. The Balaban J connectivity index is 2.07. The quantitative estimate of drug-likeness (QED) is 0.890. The third kappa shape index (κ3) is 4.04. The van der Waals surface area contributed by atoms with Gasteiger partial charge in [0.05, 0.1) is 10.7 Å². The molecule has 0 radical (unpaired) electrons. The normalized spacial score (nSPS) is 19.7. The topological polar surface area (TPSA) is 15.3 Å². The van der Waals surface area contributed by atoms with E-state index < -0.39 is 0 Å². The lowest BCUT2D eigenvalue weighted by Crippen LogP contribution is -2.37. The summed E-state index contributed by atoms with van der Waals surface area (Å²) in [5.41, 5.74) is 2.45. The summed E-state index contributed by atoms with van der Waals surface area (Å²) < 4.78 is 0. The van der Waals surface area contributed by atoms with Crippen LogP contribution in [0, 0.1) is 0 Å². The Morgan fingerprint density at radius 1 is 1.42 bits per heavy atom. The standard InChI is InChI=1S/C15H23ClN2S/c1-3-13-11-18(7-8-19-13)15-6-5-12(9-14(15)16)10-17-4-2/h5-6,9,13,17H,3-4,7-8,10-11H2,1-2H3. The summed E-state index contributed by atoms with van der Waals surface area (Å²) in [5.74, 6) is 1.20. The van der Waals surface area contributed by atoms with Crippen LogP contribution >= 0.6 is 23.4 Å². The Kier molecular flexibility index (Phi) is 5.86. The van der Waals surface area contributed by atoms with Gasteiger partial charge in [-0.3, -0.25) is 0 Å². The second-order valence-electron chi connectivity index (χ2n) is 4.91. The predicted molar refractivity (Wildman–Crippen MR) is 87.6 cm³/mol. The van der Waals surface area contributed by atoms with E-state index in [2.05, 4.69) is 54.0 Å². The molecule has 1 aromatic carbocycles. The van der Waals surface area contributed by atoms with Crippen LogP contribution in [0.3, 0.4) is 0 Å². The SMILES string of the molecule is CCNCc1ccc(N2CCSC(CC)C2)c(Cl)c1. The Hall–Kier alpha value is -0.380. The van der Waals surface area contributed by atoms with Gasteiger partial charge in [-0.1, -0.05) is 31.5 Å². The molecule has 1 aliphatic heterocycles. The van der Waals surface area contributed by atoms with Crippen LogP contribution in [-0.4, -0.2) is 30.6 Å². The van der Waals surface area contributed by atoms with Gasteiger partial charge >= 0.3 is 0 Å². The zero-order valence-electron chi connectivity index (χ0n) is 11.8. The largest absolute Gasteiger partial charge is 0.368 e. The van der Waals surface area contributed by atoms with Gasteiger partial charge in [0.25, 0.3) is 0 Å². The molecular formula is C15H23ClN2S. The number of thioether (sulfide) groups is 1. The average molecular weight is 299 g/mol. The smallest absolute Gasteiger partial charge is 0.0642 e. The van der Waals surface area contributed by atoms with Gasteiger partial charge in [0.2, 0.25) is 0 Å². The molecule has 1 aromatic rings. The van der Waals surface area contributed by atoms with Crippen molar-refractivity contribution in [1.29, 1.82) is 0 Å². The third-order valence-electron chi connectivity index (χ3n) is 3.53. The van der Waals surface area contributed by atoms with Gasteiger partial charge in [-0.15, -0.1) is 0 Å². The van der Waals surface area contributed by atoms with Crippen molar-refractivity contribution in [2.24, 2.45) is 0 Å². The van der Waals surface area contributed by atoms with Crippen LogP contribution in [0.25, 0.3) is 0 Å². The van der Waals surface area contributed by atoms with E-state index in [-0.39, 0.29) is 0 Å². The van der Waals surface area contributed by atoms with Crippen molar-refractivity contribution in [3.63, 3.8) is 0 Å². The number of halogens is 1. The molecule has 0 aliphatic carbocycles. The molecule has 2 nitrogen and oxygen atoms in total. The van der Waals surface area contributed by atoms with Gasteiger partial charge in [0, 0.05) is 30.6 Å². The molecule has 1 atom stereocenters. The van der Waals surface area contributed by atoms with Crippen molar-refractivity contribution in [3.8, 4) is 0 Å². The highest BCUT2D eigenvalue weighted by atomic mass is 35.5. The highest BCUT2D eigenvalue weighted by Gasteiger charge is 2.20. The summed E-state index contributed by atoms with van der Waals surface area (Å²) in [5, 5.41) is 4.96. The van der Waals surface area contributed by atoms with Crippen molar-refractivity contribution >= 4 is 29.1 Å². The van der Waals surface area contributed by atoms with Crippen LogP contribution < -0.4 is 10.2 Å². The van der Waals surface area contributed by atoms with Gasteiger partial charge in [-0.05, 0) is 30.7 Å². The molecule has 0 saturated carbocycles. The molecule has 1 fully saturated rings. The van der Waals surface area contributed by atoms with Crippen LogP contribution in [0.4, 0.5) is 5.69 Å². The summed E-state index contributed by atoms with van der Waals surface area (Å²) in [4.78, 5) is 2.43. The maximum atomic E-state index is 6.46. The molecule has 1 saturated heterocycles. The van der Waals surface area contributed by atoms with Crippen molar-refractivity contribution < 1.29 is 0 Å². The van der Waals surface area contributed by atoms with Gasteiger partial charge in [0.15, 0.2) is 0 Å². The minimum Gasteiger partial charge on any atom is -0.368 e. The maximum Gasteiger partial charge on any atom is 0.0642 e. The number of hydrogen-bond acceptors (Lipinski definition) is 3. The Morgan fingerprint density at radius 2 is 2.26 bits per heavy atom. The number of nitrogens with zero attached hydrogens (tertiary/aromatic N) is 1. The molecule has 2 rings (SSSR count). The lowest BCUT2D eigenvalue weighted by Gasteiger charge is -2.34. The predicted octanol–water partition coefficient (Wildman–Crippen LogP) is 3.78. The zero-order chi connectivity index (χ0) is 13.7.